The summed E-state index contributed by atoms with van der Waals surface area (Å²) in [5.74, 6) is -0.869. The number of carbonyl (C=O) groups is 1. The highest BCUT2D eigenvalue weighted by Crippen LogP contribution is 2.33. The Balaban J connectivity index is 1.91. The van der Waals surface area contributed by atoms with Crippen LogP contribution in [0.3, 0.4) is 0 Å². The molecule has 29 heavy (non-hydrogen) atoms. The fraction of sp³-hybridized carbons (Fsp3) is 0.381. The van der Waals surface area contributed by atoms with Gasteiger partial charge in [-0.05, 0) is 55.3 Å². The molecule has 1 fully saturated rings. The molecule has 2 aromatic carbocycles. The molecule has 2 atom stereocenters. The standard InChI is InChI=1S/C21H21BrF4N2O/c1-12-7-13(3-4-18(12)23)17-11-27-6-5-19(17)28(2)20(29)14-8-15(21(24,25)26)10-16(22)9-14/h3-4,7-10,17,19,27H,5-6,11H2,1-2H3/t17-,19+/m0/s1. The predicted molar refractivity (Wildman–Crippen MR) is 106 cm³/mol. The first kappa shape index (κ1) is 21.8. The molecule has 0 aromatic heterocycles. The van der Waals surface area contributed by atoms with Crippen LogP contribution in [0.1, 0.15) is 39.4 Å². The SMILES string of the molecule is Cc1cc([C@@H]2CNCC[C@H]2N(C)C(=O)c2cc(Br)cc(C(F)(F)F)c2)ccc1F. The molecule has 156 valence electrons. The zero-order valence-electron chi connectivity index (χ0n) is 16.0. The van der Waals surface area contributed by atoms with Crippen molar-refractivity contribution in [1.29, 1.82) is 0 Å². The van der Waals surface area contributed by atoms with Crippen LogP contribution in [-0.2, 0) is 6.18 Å². The minimum Gasteiger partial charge on any atom is -0.338 e. The number of halogens is 5. The van der Waals surface area contributed by atoms with Gasteiger partial charge in [-0.3, -0.25) is 4.79 Å². The van der Waals surface area contributed by atoms with Crippen LogP contribution in [0.2, 0.25) is 0 Å². The smallest absolute Gasteiger partial charge is 0.338 e. The number of likely N-dealkylation sites (N-methyl/N-ethyl adjacent to an activating group) is 1. The van der Waals surface area contributed by atoms with E-state index in [0.29, 0.717) is 25.1 Å². The Bertz CT molecular complexity index is 916. The highest BCUT2D eigenvalue weighted by Gasteiger charge is 2.35. The van der Waals surface area contributed by atoms with E-state index in [2.05, 4.69) is 21.2 Å². The Morgan fingerprint density at radius 3 is 2.59 bits per heavy atom. The van der Waals surface area contributed by atoms with Gasteiger partial charge in [0, 0.05) is 35.6 Å². The van der Waals surface area contributed by atoms with Gasteiger partial charge in [0.15, 0.2) is 0 Å². The zero-order valence-corrected chi connectivity index (χ0v) is 17.6. The summed E-state index contributed by atoms with van der Waals surface area (Å²) < 4.78 is 53.3. The number of piperidine rings is 1. The van der Waals surface area contributed by atoms with Crippen LogP contribution in [0.5, 0.6) is 0 Å². The number of hydrogen-bond acceptors (Lipinski definition) is 2. The number of amides is 1. The van der Waals surface area contributed by atoms with Crippen molar-refractivity contribution in [2.75, 3.05) is 20.1 Å². The first-order valence-electron chi connectivity index (χ1n) is 9.19. The second-order valence-corrected chi connectivity index (χ2v) is 8.23. The molecule has 1 heterocycles. The Hall–Kier alpha value is -1.93. The monoisotopic (exact) mass is 472 g/mol. The summed E-state index contributed by atoms with van der Waals surface area (Å²) in [5, 5.41) is 3.28. The van der Waals surface area contributed by atoms with E-state index in [1.165, 1.54) is 17.0 Å². The highest BCUT2D eigenvalue weighted by atomic mass is 79.9. The number of aryl methyl sites for hydroxylation is 1. The molecule has 0 spiro atoms. The normalized spacial score (nSPS) is 19.8. The third kappa shape index (κ3) is 4.80. The average molecular weight is 473 g/mol. The Kier molecular flexibility index (Phi) is 6.33. The molecule has 1 aliphatic rings. The van der Waals surface area contributed by atoms with Gasteiger partial charge in [0.2, 0.25) is 0 Å². The van der Waals surface area contributed by atoms with Crippen LogP contribution in [0.15, 0.2) is 40.9 Å². The predicted octanol–water partition coefficient (Wildman–Crippen LogP) is 5.13. The van der Waals surface area contributed by atoms with Crippen LogP contribution in [0.25, 0.3) is 0 Å². The summed E-state index contributed by atoms with van der Waals surface area (Å²) >= 11 is 3.07. The minimum atomic E-state index is -4.54. The van der Waals surface area contributed by atoms with Crippen LogP contribution >= 0.6 is 15.9 Å². The molecule has 3 nitrogen and oxygen atoms in total. The fourth-order valence-corrected chi connectivity index (χ4v) is 4.27. The molecule has 0 unspecified atom stereocenters. The fourth-order valence-electron chi connectivity index (χ4n) is 3.78. The molecule has 3 rings (SSSR count). The molecule has 0 aliphatic carbocycles. The maximum atomic E-state index is 13.7. The summed E-state index contributed by atoms with van der Waals surface area (Å²) in [6.07, 6.45) is -3.90. The van der Waals surface area contributed by atoms with Gasteiger partial charge in [-0.1, -0.05) is 28.1 Å². The van der Waals surface area contributed by atoms with E-state index >= 15 is 0 Å². The maximum Gasteiger partial charge on any atom is 0.416 e. The zero-order chi connectivity index (χ0) is 21.3. The highest BCUT2D eigenvalue weighted by molar-refractivity contribution is 9.10. The lowest BCUT2D eigenvalue weighted by Gasteiger charge is -2.39. The third-order valence-corrected chi connectivity index (χ3v) is 5.80. The number of benzene rings is 2. The van der Waals surface area contributed by atoms with Crippen LogP contribution < -0.4 is 5.32 Å². The molecule has 0 saturated carbocycles. The van der Waals surface area contributed by atoms with Crippen molar-refractivity contribution in [2.45, 2.75) is 31.5 Å². The molecule has 2 aromatic rings. The summed E-state index contributed by atoms with van der Waals surface area (Å²) in [5.41, 5.74) is 0.509. The number of hydrogen-bond donors (Lipinski definition) is 1. The van der Waals surface area contributed by atoms with Crippen molar-refractivity contribution >= 4 is 21.8 Å². The average Bonchev–Trinajstić information content (AvgIpc) is 2.68. The van der Waals surface area contributed by atoms with E-state index < -0.39 is 17.6 Å². The Morgan fingerprint density at radius 1 is 1.21 bits per heavy atom. The molecule has 1 aliphatic heterocycles. The molecule has 0 radical (unpaired) electrons. The van der Waals surface area contributed by atoms with E-state index in [4.69, 9.17) is 0 Å². The van der Waals surface area contributed by atoms with Crippen LogP contribution in [0, 0.1) is 12.7 Å². The first-order valence-corrected chi connectivity index (χ1v) is 9.99. The van der Waals surface area contributed by atoms with E-state index in [9.17, 15) is 22.4 Å². The Labute approximate surface area is 175 Å². The number of nitrogens with zero attached hydrogens (tertiary/aromatic N) is 1. The number of carbonyl (C=O) groups excluding carboxylic acids is 1. The van der Waals surface area contributed by atoms with Gasteiger partial charge in [-0.25, -0.2) is 4.39 Å². The van der Waals surface area contributed by atoms with Crippen LogP contribution in [0.4, 0.5) is 17.6 Å². The molecule has 1 N–H and O–H groups in total. The minimum absolute atomic E-state index is 0.0261. The first-order chi connectivity index (χ1) is 13.6. The van der Waals surface area contributed by atoms with E-state index in [1.54, 1.807) is 26.1 Å². The van der Waals surface area contributed by atoms with E-state index in [-0.39, 0.29) is 27.8 Å². The topological polar surface area (TPSA) is 32.3 Å². The van der Waals surface area contributed by atoms with Gasteiger partial charge in [-0.15, -0.1) is 0 Å². The van der Waals surface area contributed by atoms with Gasteiger partial charge < -0.3 is 10.2 Å². The van der Waals surface area contributed by atoms with Crippen molar-refractivity contribution in [3.8, 4) is 0 Å². The molecule has 0 bridgehead atoms. The second kappa shape index (κ2) is 8.44. The van der Waals surface area contributed by atoms with Gasteiger partial charge in [0.1, 0.15) is 5.82 Å². The largest absolute Gasteiger partial charge is 0.416 e. The quantitative estimate of drug-likeness (QED) is 0.627. The summed E-state index contributed by atoms with van der Waals surface area (Å²) in [6.45, 7) is 2.96. The lowest BCUT2D eigenvalue weighted by Crippen LogP contribution is -2.49. The van der Waals surface area contributed by atoms with Gasteiger partial charge >= 0.3 is 6.18 Å². The van der Waals surface area contributed by atoms with Crippen molar-refractivity contribution in [1.82, 2.24) is 10.2 Å². The molecule has 1 saturated heterocycles. The van der Waals surface area contributed by atoms with E-state index in [0.717, 1.165) is 17.7 Å². The Morgan fingerprint density at radius 2 is 1.93 bits per heavy atom. The van der Waals surface area contributed by atoms with Crippen molar-refractivity contribution in [2.24, 2.45) is 0 Å². The van der Waals surface area contributed by atoms with Gasteiger partial charge in [0.25, 0.3) is 5.91 Å². The number of rotatable bonds is 3. The van der Waals surface area contributed by atoms with Gasteiger partial charge in [-0.2, -0.15) is 13.2 Å². The summed E-state index contributed by atoms with van der Waals surface area (Å²) in [6, 6.07) is 7.87. The maximum absolute atomic E-state index is 13.7. The van der Waals surface area contributed by atoms with Crippen LogP contribution in [-0.4, -0.2) is 37.0 Å². The van der Waals surface area contributed by atoms with Gasteiger partial charge in [0.05, 0.1) is 5.56 Å². The molecule has 8 heteroatoms. The molecule has 1 amide bonds. The second-order valence-electron chi connectivity index (χ2n) is 7.32. The summed E-state index contributed by atoms with van der Waals surface area (Å²) in [4.78, 5) is 14.5. The molecular formula is C21H21BrF4N2O. The third-order valence-electron chi connectivity index (χ3n) is 5.35. The lowest BCUT2D eigenvalue weighted by atomic mass is 9.85. The summed E-state index contributed by atoms with van der Waals surface area (Å²) in [7, 11) is 1.61. The van der Waals surface area contributed by atoms with E-state index in [1.807, 2.05) is 0 Å². The lowest BCUT2D eigenvalue weighted by molar-refractivity contribution is -0.137. The molecular weight excluding hydrogens is 452 g/mol. The number of alkyl halides is 3. The van der Waals surface area contributed by atoms with Crippen molar-refractivity contribution in [3.05, 3.63) is 68.9 Å². The number of nitrogens with one attached hydrogen (secondary N) is 1. The van der Waals surface area contributed by atoms with Crippen molar-refractivity contribution < 1.29 is 22.4 Å². The van der Waals surface area contributed by atoms with Crippen molar-refractivity contribution in [3.63, 3.8) is 0 Å².